The SMILES string of the molecule is Cc1ccccc1C(CC(=O)NCCc1c(F)cccc1F)NC(N)=O. The van der Waals surface area contributed by atoms with E-state index in [2.05, 4.69) is 10.6 Å². The van der Waals surface area contributed by atoms with E-state index in [1.165, 1.54) is 18.2 Å². The molecule has 2 aromatic carbocycles. The zero-order valence-electron chi connectivity index (χ0n) is 14.4. The van der Waals surface area contributed by atoms with Gasteiger partial charge in [-0.3, -0.25) is 4.79 Å². The zero-order chi connectivity index (χ0) is 19.1. The van der Waals surface area contributed by atoms with Gasteiger partial charge in [-0.1, -0.05) is 30.3 Å². The molecular weight excluding hydrogens is 340 g/mol. The summed E-state index contributed by atoms with van der Waals surface area (Å²) in [6.45, 7) is 1.94. The van der Waals surface area contributed by atoms with Crippen LogP contribution in [-0.4, -0.2) is 18.5 Å². The monoisotopic (exact) mass is 361 g/mol. The Morgan fingerprint density at radius 1 is 1.08 bits per heavy atom. The molecule has 0 spiro atoms. The third-order valence-electron chi connectivity index (χ3n) is 4.03. The molecule has 4 N–H and O–H groups in total. The van der Waals surface area contributed by atoms with E-state index in [1.807, 2.05) is 19.1 Å². The third-order valence-corrected chi connectivity index (χ3v) is 4.03. The van der Waals surface area contributed by atoms with Crippen LogP contribution >= 0.6 is 0 Å². The van der Waals surface area contributed by atoms with Gasteiger partial charge in [0.25, 0.3) is 0 Å². The molecule has 0 aromatic heterocycles. The number of rotatable bonds is 7. The van der Waals surface area contributed by atoms with E-state index in [0.29, 0.717) is 0 Å². The Hall–Kier alpha value is -2.96. The van der Waals surface area contributed by atoms with Crippen LogP contribution in [0.3, 0.4) is 0 Å². The second-order valence-electron chi connectivity index (χ2n) is 5.92. The number of amides is 3. The van der Waals surface area contributed by atoms with Gasteiger partial charge < -0.3 is 16.4 Å². The van der Waals surface area contributed by atoms with E-state index < -0.39 is 23.7 Å². The minimum atomic E-state index is -0.737. The number of carbonyl (C=O) groups is 2. The Balaban J connectivity index is 1.97. The van der Waals surface area contributed by atoms with Crippen molar-refractivity contribution in [3.05, 3.63) is 70.8 Å². The van der Waals surface area contributed by atoms with Gasteiger partial charge in [0.15, 0.2) is 0 Å². The molecule has 1 atom stereocenters. The molecule has 0 aliphatic heterocycles. The van der Waals surface area contributed by atoms with Crippen molar-refractivity contribution in [2.24, 2.45) is 5.73 Å². The van der Waals surface area contributed by atoms with E-state index >= 15 is 0 Å². The maximum atomic E-state index is 13.6. The molecule has 0 aliphatic rings. The van der Waals surface area contributed by atoms with Crippen LogP contribution in [-0.2, 0) is 11.2 Å². The quantitative estimate of drug-likeness (QED) is 0.708. The highest BCUT2D eigenvalue weighted by Gasteiger charge is 2.19. The van der Waals surface area contributed by atoms with Crippen molar-refractivity contribution >= 4 is 11.9 Å². The van der Waals surface area contributed by atoms with Crippen LogP contribution in [0.5, 0.6) is 0 Å². The second-order valence-corrected chi connectivity index (χ2v) is 5.92. The summed E-state index contributed by atoms with van der Waals surface area (Å²) in [5.41, 5.74) is 6.82. The second kappa shape index (κ2) is 8.94. The molecule has 26 heavy (non-hydrogen) atoms. The first-order valence-corrected chi connectivity index (χ1v) is 8.19. The van der Waals surface area contributed by atoms with Crippen molar-refractivity contribution in [1.29, 1.82) is 0 Å². The van der Waals surface area contributed by atoms with Gasteiger partial charge in [0, 0.05) is 12.1 Å². The largest absolute Gasteiger partial charge is 0.356 e. The van der Waals surface area contributed by atoms with Gasteiger partial charge in [-0.25, -0.2) is 13.6 Å². The van der Waals surface area contributed by atoms with Crippen LogP contribution in [0.15, 0.2) is 42.5 Å². The van der Waals surface area contributed by atoms with Crippen LogP contribution in [0.1, 0.15) is 29.2 Å². The van der Waals surface area contributed by atoms with Crippen molar-refractivity contribution in [2.45, 2.75) is 25.8 Å². The van der Waals surface area contributed by atoms with Crippen LogP contribution in [0.4, 0.5) is 13.6 Å². The number of carbonyl (C=O) groups excluding carboxylic acids is 2. The lowest BCUT2D eigenvalue weighted by atomic mass is 9.98. The van der Waals surface area contributed by atoms with Gasteiger partial charge >= 0.3 is 6.03 Å². The summed E-state index contributed by atoms with van der Waals surface area (Å²) < 4.78 is 27.2. The maximum Gasteiger partial charge on any atom is 0.312 e. The fourth-order valence-electron chi connectivity index (χ4n) is 2.74. The molecule has 2 aromatic rings. The number of nitrogens with two attached hydrogens (primary N) is 1. The fraction of sp³-hybridized carbons (Fsp3) is 0.263. The van der Waals surface area contributed by atoms with Gasteiger partial charge in [0.05, 0.1) is 12.5 Å². The summed E-state index contributed by atoms with van der Waals surface area (Å²) in [5, 5.41) is 5.17. The van der Waals surface area contributed by atoms with E-state index in [0.717, 1.165) is 11.1 Å². The van der Waals surface area contributed by atoms with Crippen LogP contribution in [0, 0.1) is 18.6 Å². The first-order valence-electron chi connectivity index (χ1n) is 8.19. The summed E-state index contributed by atoms with van der Waals surface area (Å²) in [4.78, 5) is 23.4. The number of aryl methyl sites for hydroxylation is 1. The summed E-state index contributed by atoms with van der Waals surface area (Å²) in [5.74, 6) is -1.65. The molecule has 0 bridgehead atoms. The number of halogens is 2. The molecule has 138 valence electrons. The number of hydrogen-bond acceptors (Lipinski definition) is 2. The van der Waals surface area contributed by atoms with Crippen molar-refractivity contribution in [2.75, 3.05) is 6.54 Å². The lowest BCUT2D eigenvalue weighted by Gasteiger charge is -2.19. The molecular formula is C19H21F2N3O2. The van der Waals surface area contributed by atoms with Crippen molar-refractivity contribution in [3.63, 3.8) is 0 Å². The predicted molar refractivity (Wildman–Crippen MR) is 94.3 cm³/mol. The molecule has 5 nitrogen and oxygen atoms in total. The van der Waals surface area contributed by atoms with Crippen LogP contribution < -0.4 is 16.4 Å². The Morgan fingerprint density at radius 3 is 2.35 bits per heavy atom. The standard InChI is InChI=1S/C19H21F2N3O2/c1-12-5-2-3-6-13(12)17(24-19(22)26)11-18(25)23-10-9-14-15(20)7-4-8-16(14)21/h2-8,17H,9-11H2,1H3,(H,23,25)(H3,22,24,26). The van der Waals surface area contributed by atoms with Crippen LogP contribution in [0.2, 0.25) is 0 Å². The maximum absolute atomic E-state index is 13.6. The molecule has 0 saturated heterocycles. The summed E-state index contributed by atoms with van der Waals surface area (Å²) in [6, 6.07) is 9.63. The van der Waals surface area contributed by atoms with Crippen molar-refractivity contribution in [3.8, 4) is 0 Å². The highest BCUT2D eigenvalue weighted by atomic mass is 19.1. The molecule has 2 rings (SSSR count). The van der Waals surface area contributed by atoms with E-state index in [1.54, 1.807) is 12.1 Å². The fourth-order valence-corrected chi connectivity index (χ4v) is 2.74. The van der Waals surface area contributed by atoms with Gasteiger partial charge in [-0.05, 0) is 36.6 Å². The van der Waals surface area contributed by atoms with E-state index in [9.17, 15) is 18.4 Å². The minimum Gasteiger partial charge on any atom is -0.356 e. The predicted octanol–water partition coefficient (Wildman–Crippen LogP) is 2.73. The average molecular weight is 361 g/mol. The number of urea groups is 1. The van der Waals surface area contributed by atoms with E-state index in [4.69, 9.17) is 5.73 Å². The Morgan fingerprint density at radius 2 is 1.73 bits per heavy atom. The minimum absolute atomic E-state index is 0.0303. The topological polar surface area (TPSA) is 84.2 Å². The van der Waals surface area contributed by atoms with Crippen molar-refractivity contribution in [1.82, 2.24) is 10.6 Å². The first-order chi connectivity index (χ1) is 12.4. The normalized spacial score (nSPS) is 11.7. The smallest absolute Gasteiger partial charge is 0.312 e. The van der Waals surface area contributed by atoms with Gasteiger partial charge in [-0.2, -0.15) is 0 Å². The molecule has 7 heteroatoms. The Labute approximate surface area is 150 Å². The van der Waals surface area contributed by atoms with Gasteiger partial charge in [-0.15, -0.1) is 0 Å². The summed E-state index contributed by atoms with van der Waals surface area (Å²) >= 11 is 0. The molecule has 3 amide bonds. The molecule has 0 radical (unpaired) electrons. The summed E-state index contributed by atoms with van der Waals surface area (Å²) in [7, 11) is 0. The molecule has 0 fully saturated rings. The molecule has 0 heterocycles. The zero-order valence-corrected chi connectivity index (χ0v) is 14.4. The number of benzene rings is 2. The molecule has 1 unspecified atom stereocenters. The van der Waals surface area contributed by atoms with Crippen molar-refractivity contribution < 1.29 is 18.4 Å². The average Bonchev–Trinajstić information content (AvgIpc) is 2.57. The molecule has 0 aliphatic carbocycles. The summed E-state index contributed by atoms with van der Waals surface area (Å²) in [6.07, 6.45) is -0.00390. The third kappa shape index (κ3) is 5.27. The number of nitrogens with one attached hydrogen (secondary N) is 2. The lowest BCUT2D eigenvalue weighted by molar-refractivity contribution is -0.121. The Kier molecular flexibility index (Phi) is 6.66. The van der Waals surface area contributed by atoms with Gasteiger partial charge in [0.2, 0.25) is 5.91 Å². The van der Waals surface area contributed by atoms with E-state index in [-0.39, 0.29) is 30.9 Å². The highest BCUT2D eigenvalue weighted by molar-refractivity contribution is 5.78. The lowest BCUT2D eigenvalue weighted by Crippen LogP contribution is -2.37. The Bertz CT molecular complexity index is 776. The first kappa shape index (κ1) is 19.4. The highest BCUT2D eigenvalue weighted by Crippen LogP contribution is 2.20. The number of primary amides is 1. The molecule has 0 saturated carbocycles. The number of hydrogen-bond donors (Lipinski definition) is 3. The van der Waals surface area contributed by atoms with Crippen LogP contribution in [0.25, 0.3) is 0 Å². The van der Waals surface area contributed by atoms with Gasteiger partial charge in [0.1, 0.15) is 11.6 Å².